The molecule has 11 heteroatoms. The number of nitrogens with zero attached hydrogens (tertiary/aromatic N) is 1. The van der Waals surface area contributed by atoms with Gasteiger partial charge in [0.05, 0.1) is 22.8 Å². The van der Waals surface area contributed by atoms with Crippen LogP contribution in [0, 0.1) is 0 Å². The smallest absolute Gasteiger partial charge is 0.416 e. The number of carbonyl (C=O) groups excluding carboxylic acids is 1. The number of amides is 1. The van der Waals surface area contributed by atoms with Gasteiger partial charge in [-0.1, -0.05) is 36.1 Å². The number of thiocarbonyl (C=S) groups is 1. The topological polar surface area (TPSA) is 38.8 Å². The Kier molecular flexibility index (Phi) is 6.85. The second-order valence-corrected chi connectivity index (χ2v) is 7.76. The van der Waals surface area contributed by atoms with E-state index in [2.05, 4.69) is 4.74 Å². The van der Waals surface area contributed by atoms with Gasteiger partial charge in [0.1, 0.15) is 0 Å². The highest BCUT2D eigenvalue weighted by atomic mass is 32.2. The molecule has 0 bridgehead atoms. The molecule has 1 heterocycles. The molecule has 0 unspecified atom stereocenters. The average Bonchev–Trinajstić information content (AvgIpc) is 2.96. The Balaban J connectivity index is 1.91. The molecule has 0 N–H and O–H groups in total. The SMILES string of the molecule is CCOc1cc(/C=C2/SC(=S)N(c3cccc(C(F)(F)F)c3)C2=O)ccc1OC(F)F. The number of ether oxygens (including phenoxy) is 2. The molecule has 1 aliphatic rings. The first-order valence-electron chi connectivity index (χ1n) is 8.77. The number of hydrogen-bond acceptors (Lipinski definition) is 5. The van der Waals surface area contributed by atoms with Crippen LogP contribution in [0.3, 0.4) is 0 Å². The van der Waals surface area contributed by atoms with Crippen molar-refractivity contribution in [2.75, 3.05) is 11.5 Å². The maximum absolute atomic E-state index is 13.0. The van der Waals surface area contributed by atoms with Crippen LogP contribution in [0.5, 0.6) is 11.5 Å². The molecular weight excluding hydrogens is 461 g/mol. The largest absolute Gasteiger partial charge is 0.490 e. The first-order valence-corrected chi connectivity index (χ1v) is 9.99. The number of halogens is 5. The monoisotopic (exact) mass is 475 g/mol. The van der Waals surface area contributed by atoms with Crippen molar-refractivity contribution in [1.29, 1.82) is 0 Å². The zero-order chi connectivity index (χ0) is 22.8. The Morgan fingerprint density at radius 3 is 2.55 bits per heavy atom. The van der Waals surface area contributed by atoms with Gasteiger partial charge in [-0.15, -0.1) is 0 Å². The van der Waals surface area contributed by atoms with Crippen molar-refractivity contribution in [3.63, 3.8) is 0 Å². The second kappa shape index (κ2) is 9.23. The molecule has 2 aromatic rings. The lowest BCUT2D eigenvalue weighted by atomic mass is 10.1. The van der Waals surface area contributed by atoms with Crippen LogP contribution < -0.4 is 14.4 Å². The van der Waals surface area contributed by atoms with Crippen molar-refractivity contribution in [1.82, 2.24) is 0 Å². The molecule has 0 aromatic heterocycles. The minimum atomic E-state index is -4.57. The van der Waals surface area contributed by atoms with Gasteiger partial charge in [0, 0.05) is 0 Å². The molecule has 0 radical (unpaired) electrons. The Morgan fingerprint density at radius 2 is 1.90 bits per heavy atom. The van der Waals surface area contributed by atoms with Gasteiger partial charge in [-0.2, -0.15) is 22.0 Å². The first-order chi connectivity index (χ1) is 14.6. The van der Waals surface area contributed by atoms with E-state index in [9.17, 15) is 26.7 Å². The van der Waals surface area contributed by atoms with Crippen LogP contribution >= 0.6 is 24.0 Å². The first kappa shape index (κ1) is 23.0. The van der Waals surface area contributed by atoms with E-state index in [1.54, 1.807) is 6.92 Å². The third kappa shape index (κ3) is 5.34. The minimum Gasteiger partial charge on any atom is -0.490 e. The summed E-state index contributed by atoms with van der Waals surface area (Å²) in [6, 6.07) is 8.42. The highest BCUT2D eigenvalue weighted by molar-refractivity contribution is 8.27. The van der Waals surface area contributed by atoms with E-state index in [1.807, 2.05) is 0 Å². The Labute approximate surface area is 183 Å². The van der Waals surface area contributed by atoms with E-state index in [4.69, 9.17) is 17.0 Å². The van der Waals surface area contributed by atoms with Crippen LogP contribution in [0.25, 0.3) is 6.08 Å². The van der Waals surface area contributed by atoms with Crippen molar-refractivity contribution in [2.24, 2.45) is 0 Å². The lowest BCUT2D eigenvalue weighted by molar-refractivity contribution is -0.137. The molecule has 31 heavy (non-hydrogen) atoms. The van der Waals surface area contributed by atoms with Gasteiger partial charge in [0.25, 0.3) is 5.91 Å². The maximum Gasteiger partial charge on any atom is 0.416 e. The minimum absolute atomic E-state index is 0.00332. The highest BCUT2D eigenvalue weighted by Crippen LogP contribution is 2.39. The van der Waals surface area contributed by atoms with Crippen molar-refractivity contribution in [3.8, 4) is 11.5 Å². The fraction of sp³-hybridized carbons (Fsp3) is 0.200. The molecule has 2 aromatic carbocycles. The lowest BCUT2D eigenvalue weighted by Crippen LogP contribution is -2.27. The van der Waals surface area contributed by atoms with E-state index < -0.39 is 24.3 Å². The van der Waals surface area contributed by atoms with E-state index in [0.29, 0.717) is 5.56 Å². The molecule has 1 fully saturated rings. The molecule has 0 atom stereocenters. The number of rotatable bonds is 6. The third-order valence-electron chi connectivity index (χ3n) is 4.01. The van der Waals surface area contributed by atoms with Crippen LogP contribution in [0.4, 0.5) is 27.6 Å². The molecule has 1 aliphatic heterocycles. The summed E-state index contributed by atoms with van der Waals surface area (Å²) in [5.41, 5.74) is -0.468. The summed E-state index contributed by atoms with van der Waals surface area (Å²) in [5.74, 6) is -0.699. The highest BCUT2D eigenvalue weighted by Gasteiger charge is 2.36. The molecule has 4 nitrogen and oxygen atoms in total. The molecule has 164 valence electrons. The molecule has 0 aliphatic carbocycles. The third-order valence-corrected chi connectivity index (χ3v) is 5.31. The van der Waals surface area contributed by atoms with Crippen molar-refractivity contribution < 1.29 is 36.2 Å². The van der Waals surface area contributed by atoms with Gasteiger partial charge in [-0.25, -0.2) is 0 Å². The quantitative estimate of drug-likeness (QED) is 0.286. The number of thioether (sulfide) groups is 1. The van der Waals surface area contributed by atoms with Crippen LogP contribution in [0.15, 0.2) is 47.4 Å². The summed E-state index contributed by atoms with van der Waals surface area (Å²) in [4.78, 5) is 14.0. The number of hydrogen-bond donors (Lipinski definition) is 0. The van der Waals surface area contributed by atoms with Gasteiger partial charge in [0.2, 0.25) is 0 Å². The second-order valence-electron chi connectivity index (χ2n) is 6.08. The molecule has 0 saturated carbocycles. The van der Waals surface area contributed by atoms with Gasteiger partial charge < -0.3 is 9.47 Å². The van der Waals surface area contributed by atoms with Gasteiger partial charge in [-0.05, 0) is 48.9 Å². The van der Waals surface area contributed by atoms with Crippen molar-refractivity contribution in [2.45, 2.75) is 19.7 Å². The normalized spacial score (nSPS) is 15.8. The van der Waals surface area contributed by atoms with Crippen LogP contribution in [0.1, 0.15) is 18.1 Å². The fourth-order valence-electron chi connectivity index (χ4n) is 2.74. The lowest BCUT2D eigenvalue weighted by Gasteiger charge is -2.16. The van der Waals surface area contributed by atoms with Gasteiger partial charge in [0.15, 0.2) is 15.8 Å². The van der Waals surface area contributed by atoms with Gasteiger partial charge in [-0.3, -0.25) is 9.69 Å². The zero-order valence-corrected chi connectivity index (χ0v) is 17.4. The van der Waals surface area contributed by atoms with Crippen molar-refractivity contribution in [3.05, 3.63) is 58.5 Å². The number of alkyl halides is 5. The summed E-state index contributed by atoms with van der Waals surface area (Å²) in [5, 5.41) is 0. The summed E-state index contributed by atoms with van der Waals surface area (Å²) < 4.78 is 73.9. The molecule has 3 rings (SSSR count). The maximum atomic E-state index is 13.0. The predicted molar refractivity (Wildman–Crippen MR) is 111 cm³/mol. The van der Waals surface area contributed by atoms with E-state index in [-0.39, 0.29) is 33.0 Å². The van der Waals surface area contributed by atoms with Crippen molar-refractivity contribution >= 4 is 46.0 Å². The molecule has 1 amide bonds. The number of carbonyl (C=O) groups is 1. The molecular formula is C20H14F5NO3S2. The van der Waals surface area contributed by atoms with E-state index in [1.165, 1.54) is 36.4 Å². The Bertz CT molecular complexity index is 1040. The standard InChI is InChI=1S/C20H14F5NO3S2/c1-2-28-15-8-11(6-7-14(15)29-18(21)22)9-16-17(27)26(19(30)31-16)13-5-3-4-12(10-13)20(23,24)25/h3-10,18H,2H2,1H3/b16-9+. The van der Waals surface area contributed by atoms with E-state index in [0.717, 1.165) is 28.8 Å². The predicted octanol–water partition coefficient (Wildman–Crippen LogP) is 6.11. The zero-order valence-electron chi connectivity index (χ0n) is 15.8. The van der Waals surface area contributed by atoms with E-state index >= 15 is 0 Å². The molecule has 1 saturated heterocycles. The van der Waals surface area contributed by atoms with Crippen LogP contribution in [-0.2, 0) is 11.0 Å². The summed E-state index contributed by atoms with van der Waals surface area (Å²) in [6.07, 6.45) is -3.12. The summed E-state index contributed by atoms with van der Waals surface area (Å²) in [6.45, 7) is -1.17. The molecule has 0 spiro atoms. The van der Waals surface area contributed by atoms with Gasteiger partial charge >= 0.3 is 12.8 Å². The average molecular weight is 475 g/mol. The summed E-state index contributed by atoms with van der Waals surface area (Å²) >= 11 is 6.10. The number of anilines is 1. The van der Waals surface area contributed by atoms with Crippen LogP contribution in [-0.4, -0.2) is 23.4 Å². The number of benzene rings is 2. The Hall–Kier alpha value is -2.66. The Morgan fingerprint density at radius 1 is 1.16 bits per heavy atom. The summed E-state index contributed by atoms with van der Waals surface area (Å²) in [7, 11) is 0. The fourth-order valence-corrected chi connectivity index (χ4v) is 4.04. The van der Waals surface area contributed by atoms with Crippen LogP contribution in [0.2, 0.25) is 0 Å².